The van der Waals surface area contributed by atoms with Crippen molar-refractivity contribution >= 4 is 24.0 Å². The third kappa shape index (κ3) is 4.71. The molecule has 1 saturated heterocycles. The molecular formula is C18H25N3O4. The molecular weight excluding hydrogens is 322 g/mol. The first-order valence-electron chi connectivity index (χ1n) is 8.19. The number of nitrogens with zero attached hydrogens (tertiary/aromatic N) is 3. The van der Waals surface area contributed by atoms with Gasteiger partial charge in [0.05, 0.1) is 12.7 Å². The number of anilines is 1. The summed E-state index contributed by atoms with van der Waals surface area (Å²) in [5.74, 6) is 0.309. The molecule has 1 fully saturated rings. The van der Waals surface area contributed by atoms with Crippen LogP contribution >= 0.6 is 0 Å². The number of methoxy groups -OCH3 is 1. The molecule has 7 heteroatoms. The number of pyridine rings is 1. The van der Waals surface area contributed by atoms with Gasteiger partial charge in [0.1, 0.15) is 11.4 Å². The summed E-state index contributed by atoms with van der Waals surface area (Å²) in [5, 5.41) is 0. The molecule has 0 unspecified atom stereocenters. The molecule has 7 nitrogen and oxygen atoms in total. The topological polar surface area (TPSA) is 72.0 Å². The maximum atomic E-state index is 12.1. The van der Waals surface area contributed by atoms with Gasteiger partial charge < -0.3 is 19.3 Å². The number of carbonyl (C=O) groups is 2. The largest absolute Gasteiger partial charge is 0.465 e. The van der Waals surface area contributed by atoms with Gasteiger partial charge in [-0.2, -0.15) is 0 Å². The second kappa shape index (κ2) is 7.55. The molecule has 25 heavy (non-hydrogen) atoms. The van der Waals surface area contributed by atoms with Crippen molar-refractivity contribution in [3.8, 4) is 0 Å². The SMILES string of the molecule is C=Cc1cc(C(=O)OC)cnc1N1CCN(C(=O)OC(C)(C)C)CC1. The van der Waals surface area contributed by atoms with Crippen LogP contribution in [0.2, 0.25) is 0 Å². The van der Waals surface area contributed by atoms with E-state index in [1.807, 2.05) is 20.8 Å². The third-order valence-corrected chi connectivity index (χ3v) is 3.77. The van der Waals surface area contributed by atoms with E-state index in [1.54, 1.807) is 17.0 Å². The Morgan fingerprint density at radius 2 is 1.88 bits per heavy atom. The lowest BCUT2D eigenvalue weighted by atomic mass is 10.1. The third-order valence-electron chi connectivity index (χ3n) is 3.77. The smallest absolute Gasteiger partial charge is 0.410 e. The average Bonchev–Trinajstić information content (AvgIpc) is 2.59. The van der Waals surface area contributed by atoms with Crippen molar-refractivity contribution in [2.45, 2.75) is 26.4 Å². The molecule has 0 saturated carbocycles. The van der Waals surface area contributed by atoms with Crippen LogP contribution in [-0.4, -0.2) is 60.8 Å². The van der Waals surface area contributed by atoms with Gasteiger partial charge in [-0.1, -0.05) is 12.7 Å². The Kier molecular flexibility index (Phi) is 5.66. The van der Waals surface area contributed by atoms with Gasteiger partial charge in [-0.3, -0.25) is 0 Å². The highest BCUT2D eigenvalue weighted by Gasteiger charge is 2.27. The quantitative estimate of drug-likeness (QED) is 0.783. The van der Waals surface area contributed by atoms with E-state index in [-0.39, 0.29) is 6.09 Å². The minimum Gasteiger partial charge on any atom is -0.465 e. The molecule has 1 aliphatic rings. The first-order chi connectivity index (χ1) is 11.7. The van der Waals surface area contributed by atoms with Crippen LogP contribution in [0.4, 0.5) is 10.6 Å². The van der Waals surface area contributed by atoms with Crippen LogP contribution in [0.25, 0.3) is 6.08 Å². The maximum absolute atomic E-state index is 12.1. The summed E-state index contributed by atoms with van der Waals surface area (Å²) in [6, 6.07) is 1.71. The zero-order valence-corrected chi connectivity index (χ0v) is 15.2. The predicted molar refractivity (Wildman–Crippen MR) is 95.7 cm³/mol. The highest BCUT2D eigenvalue weighted by Crippen LogP contribution is 2.22. The number of aromatic nitrogens is 1. The molecule has 0 spiro atoms. The number of hydrogen-bond donors (Lipinski definition) is 0. The van der Waals surface area contributed by atoms with Gasteiger partial charge in [-0.05, 0) is 26.8 Å². The predicted octanol–water partition coefficient (Wildman–Crippen LogP) is 2.57. The van der Waals surface area contributed by atoms with Gasteiger partial charge >= 0.3 is 12.1 Å². The Balaban J connectivity index is 2.06. The first-order valence-corrected chi connectivity index (χ1v) is 8.19. The number of carbonyl (C=O) groups excluding carboxylic acids is 2. The molecule has 2 rings (SSSR count). The first kappa shape index (κ1) is 18.8. The van der Waals surface area contributed by atoms with E-state index in [2.05, 4.69) is 16.5 Å². The van der Waals surface area contributed by atoms with Crippen molar-refractivity contribution in [2.24, 2.45) is 0 Å². The number of rotatable bonds is 3. The van der Waals surface area contributed by atoms with Crippen molar-refractivity contribution < 1.29 is 19.1 Å². The number of esters is 1. The molecule has 2 heterocycles. The van der Waals surface area contributed by atoms with Gasteiger partial charge in [0.15, 0.2) is 0 Å². The van der Waals surface area contributed by atoms with Crippen molar-refractivity contribution in [3.05, 3.63) is 30.0 Å². The summed E-state index contributed by atoms with van der Waals surface area (Å²) >= 11 is 0. The van der Waals surface area contributed by atoms with E-state index in [0.717, 1.165) is 11.4 Å². The van der Waals surface area contributed by atoms with Crippen molar-refractivity contribution in [3.63, 3.8) is 0 Å². The van der Waals surface area contributed by atoms with Gasteiger partial charge in [0, 0.05) is 37.9 Å². The summed E-state index contributed by atoms with van der Waals surface area (Å²) in [6.45, 7) is 11.7. The molecule has 0 radical (unpaired) electrons. The van der Waals surface area contributed by atoms with Crippen LogP contribution in [0.3, 0.4) is 0 Å². The van der Waals surface area contributed by atoms with E-state index in [1.165, 1.54) is 13.3 Å². The molecule has 1 aromatic heterocycles. The number of piperazine rings is 1. The van der Waals surface area contributed by atoms with Crippen LogP contribution in [0.5, 0.6) is 0 Å². The van der Waals surface area contributed by atoms with Crippen molar-refractivity contribution in [1.82, 2.24) is 9.88 Å². The standard InChI is InChI=1S/C18H25N3O4/c1-6-13-11-14(16(22)24-5)12-19-15(13)20-7-9-21(10-8-20)17(23)25-18(2,3)4/h6,11-12H,1,7-10H2,2-5H3. The normalized spacial score (nSPS) is 14.9. The van der Waals surface area contributed by atoms with Crippen LogP contribution in [-0.2, 0) is 9.47 Å². The average molecular weight is 347 g/mol. The second-order valence-electron chi connectivity index (χ2n) is 6.79. The molecule has 0 N–H and O–H groups in total. The molecule has 1 amide bonds. The molecule has 1 aliphatic heterocycles. The Bertz CT molecular complexity index is 659. The summed E-state index contributed by atoms with van der Waals surface area (Å²) in [7, 11) is 1.33. The van der Waals surface area contributed by atoms with Gasteiger partial charge in [-0.15, -0.1) is 0 Å². The van der Waals surface area contributed by atoms with Crippen LogP contribution < -0.4 is 4.90 Å². The fourth-order valence-electron chi connectivity index (χ4n) is 2.55. The van der Waals surface area contributed by atoms with Gasteiger partial charge in [0.25, 0.3) is 0 Å². The van der Waals surface area contributed by atoms with E-state index >= 15 is 0 Å². The molecule has 0 aliphatic carbocycles. The number of hydrogen-bond acceptors (Lipinski definition) is 6. The zero-order chi connectivity index (χ0) is 18.6. The second-order valence-corrected chi connectivity index (χ2v) is 6.79. The zero-order valence-electron chi connectivity index (χ0n) is 15.2. The minimum atomic E-state index is -0.504. The van der Waals surface area contributed by atoms with Gasteiger partial charge in [-0.25, -0.2) is 14.6 Å². The highest BCUT2D eigenvalue weighted by molar-refractivity contribution is 5.90. The maximum Gasteiger partial charge on any atom is 0.410 e. The monoisotopic (exact) mass is 347 g/mol. The summed E-state index contributed by atoms with van der Waals surface area (Å²) in [4.78, 5) is 31.9. The number of amides is 1. The van der Waals surface area contributed by atoms with E-state index in [9.17, 15) is 9.59 Å². The summed E-state index contributed by atoms with van der Waals surface area (Å²) < 4.78 is 10.1. The Morgan fingerprint density at radius 1 is 1.24 bits per heavy atom. The molecule has 0 bridgehead atoms. The van der Waals surface area contributed by atoms with E-state index in [0.29, 0.717) is 31.7 Å². The van der Waals surface area contributed by atoms with Crippen LogP contribution in [0, 0.1) is 0 Å². The lowest BCUT2D eigenvalue weighted by Crippen LogP contribution is -2.50. The molecule has 0 atom stereocenters. The fraction of sp³-hybridized carbons (Fsp3) is 0.500. The highest BCUT2D eigenvalue weighted by atomic mass is 16.6. The van der Waals surface area contributed by atoms with E-state index in [4.69, 9.17) is 9.47 Å². The Morgan fingerprint density at radius 3 is 2.40 bits per heavy atom. The fourth-order valence-corrected chi connectivity index (χ4v) is 2.55. The minimum absolute atomic E-state index is 0.301. The van der Waals surface area contributed by atoms with Gasteiger partial charge in [0.2, 0.25) is 0 Å². The van der Waals surface area contributed by atoms with Crippen LogP contribution in [0.1, 0.15) is 36.7 Å². The number of ether oxygens (including phenoxy) is 2. The van der Waals surface area contributed by atoms with Crippen molar-refractivity contribution in [1.29, 1.82) is 0 Å². The lowest BCUT2D eigenvalue weighted by molar-refractivity contribution is 0.0240. The van der Waals surface area contributed by atoms with E-state index < -0.39 is 11.6 Å². The lowest BCUT2D eigenvalue weighted by Gasteiger charge is -2.36. The molecule has 1 aromatic rings. The summed E-state index contributed by atoms with van der Waals surface area (Å²) in [5.41, 5.74) is 0.636. The molecule has 136 valence electrons. The van der Waals surface area contributed by atoms with Crippen molar-refractivity contribution in [2.75, 3.05) is 38.2 Å². The Hall–Kier alpha value is -2.57. The summed E-state index contributed by atoms with van der Waals surface area (Å²) in [6.07, 6.45) is 2.86. The van der Waals surface area contributed by atoms with Crippen LogP contribution in [0.15, 0.2) is 18.8 Å². The molecule has 0 aromatic carbocycles. The Labute approximate surface area is 148 Å².